The summed E-state index contributed by atoms with van der Waals surface area (Å²) in [7, 11) is 0. The molecule has 1 heterocycles. The minimum Gasteiger partial charge on any atom is -0.378 e. The van der Waals surface area contributed by atoms with Crippen molar-refractivity contribution < 1.29 is 4.74 Å². The number of aryl methyl sites for hydroxylation is 1. The summed E-state index contributed by atoms with van der Waals surface area (Å²) in [4.78, 5) is 0. The molecule has 1 fully saturated rings. The van der Waals surface area contributed by atoms with E-state index in [2.05, 4.69) is 49.5 Å². The smallest absolute Gasteiger partial charge is 0.0551 e. The van der Waals surface area contributed by atoms with Crippen molar-refractivity contribution in [1.82, 2.24) is 5.32 Å². The molecule has 0 amide bonds. The van der Waals surface area contributed by atoms with Crippen molar-refractivity contribution in [3.63, 3.8) is 0 Å². The summed E-state index contributed by atoms with van der Waals surface area (Å²) in [5.41, 5.74) is 1.44. The first-order valence-corrected chi connectivity index (χ1v) is 7.18. The van der Waals surface area contributed by atoms with Gasteiger partial charge in [0.1, 0.15) is 0 Å². The van der Waals surface area contributed by atoms with Gasteiger partial charge in [0.2, 0.25) is 0 Å². The molecule has 100 valence electrons. The predicted octanol–water partition coefficient (Wildman–Crippen LogP) is 3.02. The molecule has 0 aliphatic carbocycles. The second kappa shape index (κ2) is 6.91. The third-order valence-corrected chi connectivity index (χ3v) is 3.85. The molecule has 0 spiro atoms. The van der Waals surface area contributed by atoms with Crippen LogP contribution in [0.1, 0.15) is 32.3 Å². The Labute approximate surface area is 111 Å². The van der Waals surface area contributed by atoms with Crippen molar-refractivity contribution in [2.75, 3.05) is 13.2 Å². The van der Waals surface area contributed by atoms with E-state index >= 15 is 0 Å². The van der Waals surface area contributed by atoms with Gasteiger partial charge in [0.05, 0.1) is 12.7 Å². The molecule has 1 aromatic rings. The van der Waals surface area contributed by atoms with Crippen LogP contribution in [0, 0.1) is 5.92 Å². The van der Waals surface area contributed by atoms with Gasteiger partial charge in [-0.05, 0) is 38.3 Å². The number of hydrogen-bond acceptors (Lipinski definition) is 2. The van der Waals surface area contributed by atoms with Crippen LogP contribution in [-0.4, -0.2) is 25.3 Å². The Morgan fingerprint density at radius 1 is 1.33 bits per heavy atom. The highest BCUT2D eigenvalue weighted by molar-refractivity contribution is 5.14. The summed E-state index contributed by atoms with van der Waals surface area (Å²) in [5, 5.41) is 3.64. The zero-order valence-corrected chi connectivity index (χ0v) is 11.6. The SMILES string of the molecule is CCNC(CCc1ccccc1)C1COC(C)C1. The molecule has 1 saturated heterocycles. The van der Waals surface area contributed by atoms with E-state index < -0.39 is 0 Å². The molecule has 1 aliphatic rings. The molecule has 1 aromatic carbocycles. The first kappa shape index (κ1) is 13.6. The molecule has 3 atom stereocenters. The highest BCUT2D eigenvalue weighted by atomic mass is 16.5. The summed E-state index contributed by atoms with van der Waals surface area (Å²) in [6, 6.07) is 11.4. The van der Waals surface area contributed by atoms with Gasteiger partial charge in [0.25, 0.3) is 0 Å². The van der Waals surface area contributed by atoms with Crippen molar-refractivity contribution in [2.45, 2.75) is 45.3 Å². The fraction of sp³-hybridized carbons (Fsp3) is 0.625. The summed E-state index contributed by atoms with van der Waals surface area (Å²) in [6.45, 7) is 6.34. The van der Waals surface area contributed by atoms with Crippen LogP contribution in [0.2, 0.25) is 0 Å². The lowest BCUT2D eigenvalue weighted by atomic mass is 9.92. The van der Waals surface area contributed by atoms with Gasteiger partial charge in [-0.1, -0.05) is 37.3 Å². The quantitative estimate of drug-likeness (QED) is 0.834. The molecule has 2 heteroatoms. The third-order valence-electron chi connectivity index (χ3n) is 3.85. The molecule has 1 N–H and O–H groups in total. The van der Waals surface area contributed by atoms with Gasteiger partial charge in [-0.15, -0.1) is 0 Å². The van der Waals surface area contributed by atoms with Crippen molar-refractivity contribution >= 4 is 0 Å². The Hall–Kier alpha value is -0.860. The largest absolute Gasteiger partial charge is 0.378 e. The van der Waals surface area contributed by atoms with Gasteiger partial charge in [0.15, 0.2) is 0 Å². The normalized spacial score (nSPS) is 25.2. The van der Waals surface area contributed by atoms with Crippen LogP contribution in [0.15, 0.2) is 30.3 Å². The average molecular weight is 247 g/mol. The lowest BCUT2D eigenvalue weighted by Gasteiger charge is -2.23. The van der Waals surface area contributed by atoms with Crippen LogP contribution in [0.25, 0.3) is 0 Å². The van der Waals surface area contributed by atoms with Gasteiger partial charge < -0.3 is 10.1 Å². The molecule has 0 aromatic heterocycles. The third kappa shape index (κ3) is 3.82. The zero-order chi connectivity index (χ0) is 12.8. The molecule has 3 unspecified atom stereocenters. The predicted molar refractivity (Wildman–Crippen MR) is 75.7 cm³/mol. The van der Waals surface area contributed by atoms with E-state index in [1.807, 2.05) is 0 Å². The number of hydrogen-bond donors (Lipinski definition) is 1. The summed E-state index contributed by atoms with van der Waals surface area (Å²) >= 11 is 0. The van der Waals surface area contributed by atoms with Crippen molar-refractivity contribution in [3.8, 4) is 0 Å². The fourth-order valence-electron chi connectivity index (χ4n) is 2.86. The number of nitrogens with one attached hydrogen (secondary N) is 1. The van der Waals surface area contributed by atoms with E-state index in [-0.39, 0.29) is 0 Å². The highest BCUT2D eigenvalue weighted by Gasteiger charge is 2.28. The first-order chi connectivity index (χ1) is 8.79. The molecule has 2 nitrogen and oxygen atoms in total. The number of benzene rings is 1. The van der Waals surface area contributed by atoms with E-state index in [9.17, 15) is 0 Å². The van der Waals surface area contributed by atoms with Gasteiger partial charge in [0, 0.05) is 12.0 Å². The Morgan fingerprint density at radius 3 is 2.72 bits per heavy atom. The Bertz CT molecular complexity index is 338. The maximum absolute atomic E-state index is 5.70. The molecule has 0 saturated carbocycles. The zero-order valence-electron chi connectivity index (χ0n) is 11.6. The van der Waals surface area contributed by atoms with Crippen LogP contribution >= 0.6 is 0 Å². The van der Waals surface area contributed by atoms with E-state index in [0.29, 0.717) is 18.1 Å². The maximum Gasteiger partial charge on any atom is 0.0551 e. The number of rotatable bonds is 6. The average Bonchev–Trinajstić information content (AvgIpc) is 2.82. The van der Waals surface area contributed by atoms with Crippen molar-refractivity contribution in [3.05, 3.63) is 35.9 Å². The summed E-state index contributed by atoms with van der Waals surface area (Å²) in [6.07, 6.45) is 4.00. The molecular weight excluding hydrogens is 222 g/mol. The second-order valence-electron chi connectivity index (χ2n) is 5.33. The molecule has 0 radical (unpaired) electrons. The monoisotopic (exact) mass is 247 g/mol. The van der Waals surface area contributed by atoms with Crippen molar-refractivity contribution in [2.24, 2.45) is 5.92 Å². The van der Waals surface area contributed by atoms with E-state index in [1.54, 1.807) is 0 Å². The van der Waals surface area contributed by atoms with Crippen LogP contribution < -0.4 is 5.32 Å². The Balaban J connectivity index is 1.86. The molecular formula is C16H25NO. The highest BCUT2D eigenvalue weighted by Crippen LogP contribution is 2.24. The van der Waals surface area contributed by atoms with Gasteiger partial charge in [-0.3, -0.25) is 0 Å². The molecule has 18 heavy (non-hydrogen) atoms. The van der Waals surface area contributed by atoms with E-state index in [1.165, 1.54) is 18.4 Å². The van der Waals surface area contributed by atoms with Crippen LogP contribution in [0.5, 0.6) is 0 Å². The van der Waals surface area contributed by atoms with Gasteiger partial charge >= 0.3 is 0 Å². The van der Waals surface area contributed by atoms with Gasteiger partial charge in [-0.25, -0.2) is 0 Å². The minimum atomic E-state index is 0.438. The van der Waals surface area contributed by atoms with Crippen LogP contribution in [0.4, 0.5) is 0 Å². The molecule has 1 aliphatic heterocycles. The molecule has 2 rings (SSSR count). The van der Waals surface area contributed by atoms with E-state index in [0.717, 1.165) is 19.6 Å². The lowest BCUT2D eigenvalue weighted by molar-refractivity contribution is 0.116. The van der Waals surface area contributed by atoms with Crippen LogP contribution in [-0.2, 0) is 11.2 Å². The summed E-state index contributed by atoms with van der Waals surface area (Å²) < 4.78 is 5.70. The topological polar surface area (TPSA) is 21.3 Å². The fourth-order valence-corrected chi connectivity index (χ4v) is 2.86. The summed E-state index contributed by atoms with van der Waals surface area (Å²) in [5.74, 6) is 0.684. The van der Waals surface area contributed by atoms with E-state index in [4.69, 9.17) is 4.74 Å². The Morgan fingerprint density at radius 2 is 2.11 bits per heavy atom. The van der Waals surface area contributed by atoms with Crippen molar-refractivity contribution in [1.29, 1.82) is 0 Å². The second-order valence-corrected chi connectivity index (χ2v) is 5.33. The first-order valence-electron chi connectivity index (χ1n) is 7.18. The van der Waals surface area contributed by atoms with Gasteiger partial charge in [-0.2, -0.15) is 0 Å². The lowest BCUT2D eigenvalue weighted by Crippen LogP contribution is -2.37. The maximum atomic E-state index is 5.70. The number of ether oxygens (including phenoxy) is 1. The standard InChI is InChI=1S/C16H25NO/c1-3-17-16(15-11-13(2)18-12-15)10-9-14-7-5-4-6-8-14/h4-8,13,15-17H,3,9-12H2,1-2H3. The molecule has 0 bridgehead atoms. The Kier molecular flexibility index (Phi) is 5.21. The van der Waals surface area contributed by atoms with Crippen LogP contribution in [0.3, 0.4) is 0 Å². The minimum absolute atomic E-state index is 0.438.